The summed E-state index contributed by atoms with van der Waals surface area (Å²) >= 11 is 3.44. The zero-order valence-corrected chi connectivity index (χ0v) is 19.8. The molecule has 3 aromatic carbocycles. The van der Waals surface area contributed by atoms with Gasteiger partial charge < -0.3 is 4.74 Å². The summed E-state index contributed by atoms with van der Waals surface area (Å²) in [6.45, 7) is 6.54. The van der Waals surface area contributed by atoms with Gasteiger partial charge in [0.15, 0.2) is 0 Å². The Balaban J connectivity index is 1.67. The Morgan fingerprint density at radius 2 is 1.81 bits per heavy atom. The van der Waals surface area contributed by atoms with Crippen molar-refractivity contribution in [1.82, 2.24) is 9.66 Å². The van der Waals surface area contributed by atoms with Crippen molar-refractivity contribution < 1.29 is 4.74 Å². The lowest BCUT2D eigenvalue weighted by molar-refractivity contribution is 0.306. The molecule has 0 radical (unpaired) electrons. The highest BCUT2D eigenvalue weighted by molar-refractivity contribution is 9.10. The van der Waals surface area contributed by atoms with Crippen molar-refractivity contribution in [1.29, 1.82) is 0 Å². The summed E-state index contributed by atoms with van der Waals surface area (Å²) in [6.07, 6.45) is 1.66. The van der Waals surface area contributed by atoms with Crippen molar-refractivity contribution in [3.05, 3.63) is 105 Å². The highest BCUT2D eigenvalue weighted by atomic mass is 79.9. The second-order valence-corrected chi connectivity index (χ2v) is 9.47. The number of benzene rings is 3. The van der Waals surface area contributed by atoms with Crippen molar-refractivity contribution in [3.8, 4) is 5.75 Å². The van der Waals surface area contributed by atoms with Gasteiger partial charge in [0.25, 0.3) is 5.56 Å². The third-order valence-corrected chi connectivity index (χ3v) is 5.40. The third-order valence-electron chi connectivity index (χ3n) is 4.91. The Hall–Kier alpha value is -3.25. The largest absolute Gasteiger partial charge is 0.489 e. The fraction of sp³-hybridized carbons (Fsp3) is 0.192. The van der Waals surface area contributed by atoms with Gasteiger partial charge in [-0.05, 0) is 41.5 Å². The molecule has 0 fully saturated rings. The van der Waals surface area contributed by atoms with Crippen LogP contribution in [-0.4, -0.2) is 15.9 Å². The summed E-state index contributed by atoms with van der Waals surface area (Å²) in [5, 5.41) is 5.05. The Morgan fingerprint density at radius 3 is 2.56 bits per heavy atom. The molecule has 6 heteroatoms. The zero-order valence-electron chi connectivity index (χ0n) is 18.2. The van der Waals surface area contributed by atoms with E-state index < -0.39 is 0 Å². The molecule has 0 saturated carbocycles. The molecule has 0 spiro atoms. The first-order valence-electron chi connectivity index (χ1n) is 10.4. The van der Waals surface area contributed by atoms with Crippen LogP contribution in [0.15, 0.2) is 87.2 Å². The van der Waals surface area contributed by atoms with Crippen LogP contribution in [0, 0.1) is 0 Å². The summed E-state index contributed by atoms with van der Waals surface area (Å²) in [5.74, 6) is 1.34. The maximum Gasteiger partial charge on any atom is 0.282 e. The lowest BCUT2D eigenvalue weighted by Gasteiger charge is -2.20. The summed E-state index contributed by atoms with van der Waals surface area (Å²) < 4.78 is 8.13. The number of aromatic nitrogens is 2. The van der Waals surface area contributed by atoms with Crippen molar-refractivity contribution >= 4 is 33.0 Å². The first-order chi connectivity index (χ1) is 15.3. The van der Waals surface area contributed by atoms with Gasteiger partial charge in [-0.2, -0.15) is 9.78 Å². The van der Waals surface area contributed by atoms with Crippen molar-refractivity contribution in [2.75, 3.05) is 0 Å². The maximum absolute atomic E-state index is 13.3. The topological polar surface area (TPSA) is 56.5 Å². The summed E-state index contributed by atoms with van der Waals surface area (Å²) in [5.41, 5.74) is 2.02. The second kappa shape index (κ2) is 9.09. The molecule has 0 unspecified atom stereocenters. The lowest BCUT2D eigenvalue weighted by atomic mass is 9.95. The molecule has 0 amide bonds. The molecule has 4 aromatic rings. The highest BCUT2D eigenvalue weighted by Crippen LogP contribution is 2.23. The molecule has 4 rings (SSSR count). The van der Waals surface area contributed by atoms with Gasteiger partial charge in [0.05, 0.1) is 17.1 Å². The predicted octanol–water partition coefficient (Wildman–Crippen LogP) is 5.92. The van der Waals surface area contributed by atoms with E-state index in [1.807, 2.05) is 87.5 Å². The second-order valence-electron chi connectivity index (χ2n) is 8.56. The van der Waals surface area contributed by atoms with Crippen LogP contribution in [0.4, 0.5) is 0 Å². The fourth-order valence-corrected chi connectivity index (χ4v) is 3.65. The molecule has 0 aliphatic rings. The SMILES string of the molecule is CC(C)(C)c1nc2ccc(Br)cc2c(=O)n1N=Cc1cccc(OCc2ccccc2)c1. The van der Waals surface area contributed by atoms with E-state index in [-0.39, 0.29) is 11.0 Å². The molecule has 0 aliphatic carbocycles. The highest BCUT2D eigenvalue weighted by Gasteiger charge is 2.22. The molecular formula is C26H24BrN3O2. The van der Waals surface area contributed by atoms with E-state index in [1.54, 1.807) is 12.3 Å². The molecule has 0 aliphatic heterocycles. The van der Waals surface area contributed by atoms with Crippen LogP contribution in [0.1, 0.15) is 37.7 Å². The van der Waals surface area contributed by atoms with E-state index in [0.717, 1.165) is 21.3 Å². The minimum atomic E-state index is -0.363. The summed E-state index contributed by atoms with van der Waals surface area (Å²) in [7, 11) is 0. The number of ether oxygens (including phenoxy) is 1. The average molecular weight is 490 g/mol. The fourth-order valence-electron chi connectivity index (χ4n) is 3.29. The van der Waals surface area contributed by atoms with Crippen molar-refractivity contribution in [2.24, 2.45) is 5.10 Å². The Morgan fingerprint density at radius 1 is 1.03 bits per heavy atom. The van der Waals surface area contributed by atoms with Gasteiger partial charge in [-0.15, -0.1) is 0 Å². The average Bonchev–Trinajstić information content (AvgIpc) is 2.77. The van der Waals surface area contributed by atoms with Crippen LogP contribution in [0.3, 0.4) is 0 Å². The molecular weight excluding hydrogens is 466 g/mol. The molecule has 0 bridgehead atoms. The van der Waals surface area contributed by atoms with E-state index >= 15 is 0 Å². The van der Waals surface area contributed by atoms with Crippen LogP contribution in [-0.2, 0) is 12.0 Å². The number of rotatable bonds is 5. The smallest absolute Gasteiger partial charge is 0.282 e. The maximum atomic E-state index is 13.3. The van der Waals surface area contributed by atoms with Gasteiger partial charge in [0.2, 0.25) is 0 Å². The molecule has 5 nitrogen and oxygen atoms in total. The minimum absolute atomic E-state index is 0.200. The van der Waals surface area contributed by atoms with E-state index in [1.165, 1.54) is 4.68 Å². The zero-order chi connectivity index (χ0) is 22.7. The summed E-state index contributed by atoms with van der Waals surface area (Å²) in [6, 6.07) is 23.2. The molecule has 0 atom stereocenters. The summed E-state index contributed by atoms with van der Waals surface area (Å²) in [4.78, 5) is 18.0. The molecule has 32 heavy (non-hydrogen) atoms. The van der Waals surface area contributed by atoms with Gasteiger partial charge in [-0.3, -0.25) is 4.79 Å². The van der Waals surface area contributed by atoms with E-state index in [4.69, 9.17) is 9.72 Å². The lowest BCUT2D eigenvalue weighted by Crippen LogP contribution is -2.29. The quantitative estimate of drug-likeness (QED) is 0.327. The van der Waals surface area contributed by atoms with Crippen LogP contribution in [0.25, 0.3) is 10.9 Å². The van der Waals surface area contributed by atoms with Crippen molar-refractivity contribution in [2.45, 2.75) is 32.8 Å². The van der Waals surface area contributed by atoms with Gasteiger partial charge in [0, 0.05) is 9.89 Å². The van der Waals surface area contributed by atoms with Gasteiger partial charge >= 0.3 is 0 Å². The monoisotopic (exact) mass is 489 g/mol. The molecule has 0 saturated heterocycles. The third kappa shape index (κ3) is 4.97. The minimum Gasteiger partial charge on any atom is -0.489 e. The van der Waals surface area contributed by atoms with E-state index in [9.17, 15) is 4.79 Å². The van der Waals surface area contributed by atoms with Gasteiger partial charge in [0.1, 0.15) is 18.2 Å². The molecule has 1 aromatic heterocycles. The first-order valence-corrected chi connectivity index (χ1v) is 11.1. The van der Waals surface area contributed by atoms with Crippen molar-refractivity contribution in [3.63, 3.8) is 0 Å². The van der Waals surface area contributed by atoms with Gasteiger partial charge in [-0.25, -0.2) is 4.98 Å². The molecule has 162 valence electrons. The molecule has 1 heterocycles. The van der Waals surface area contributed by atoms with Crippen LogP contribution in [0.5, 0.6) is 5.75 Å². The van der Waals surface area contributed by atoms with Crippen LogP contribution >= 0.6 is 15.9 Å². The Kier molecular flexibility index (Phi) is 6.24. The molecule has 0 N–H and O–H groups in total. The van der Waals surface area contributed by atoms with Crippen LogP contribution < -0.4 is 10.3 Å². The Bertz CT molecular complexity index is 1340. The number of hydrogen-bond donors (Lipinski definition) is 0. The number of hydrogen-bond acceptors (Lipinski definition) is 4. The van der Waals surface area contributed by atoms with E-state index in [0.29, 0.717) is 23.3 Å². The number of nitrogens with zero attached hydrogens (tertiary/aromatic N) is 3. The van der Waals surface area contributed by atoms with Gasteiger partial charge in [-0.1, -0.05) is 79.2 Å². The van der Waals surface area contributed by atoms with E-state index in [2.05, 4.69) is 21.0 Å². The van der Waals surface area contributed by atoms with Crippen LogP contribution in [0.2, 0.25) is 0 Å². The standard InChI is InChI=1S/C26H24BrN3O2/c1-26(2,3)25-29-23-13-12-20(27)15-22(23)24(31)30(25)28-16-19-10-7-11-21(14-19)32-17-18-8-5-4-6-9-18/h4-16H,17H2,1-3H3. The Labute approximate surface area is 195 Å². The number of halogens is 1. The normalized spacial score (nSPS) is 11.9. The first kappa shape index (κ1) is 22.0. The predicted molar refractivity (Wildman–Crippen MR) is 133 cm³/mol. The number of fused-ring (bicyclic) bond motifs is 1.